The van der Waals surface area contributed by atoms with Gasteiger partial charge in [-0.2, -0.15) is 0 Å². The van der Waals surface area contributed by atoms with Crippen molar-refractivity contribution in [2.75, 3.05) is 13.7 Å². The first-order chi connectivity index (χ1) is 7.78. The molecule has 0 spiro atoms. The summed E-state index contributed by atoms with van der Waals surface area (Å²) in [4.78, 5) is 36.0. The Morgan fingerprint density at radius 2 is 2.12 bits per heavy atom. The third-order valence-electron chi connectivity index (χ3n) is 3.06. The number of nitrogens with zero attached hydrogens (tertiary/aromatic N) is 1. The maximum absolute atomic E-state index is 11.7. The van der Waals surface area contributed by atoms with Gasteiger partial charge >= 0.3 is 5.97 Å². The number of carbonyl (C=O) groups is 3. The summed E-state index contributed by atoms with van der Waals surface area (Å²) in [7, 11) is 1.31. The largest absolute Gasteiger partial charge is 0.469 e. The fourth-order valence-corrected chi connectivity index (χ4v) is 1.94. The summed E-state index contributed by atoms with van der Waals surface area (Å²) in [5.41, 5.74) is -0.804. The zero-order chi connectivity index (χ0) is 13.2. The first-order valence-electron chi connectivity index (χ1n) is 5.47. The molecule has 1 atom stereocenters. The van der Waals surface area contributed by atoms with E-state index in [1.54, 1.807) is 25.7 Å². The number of imide groups is 1. The van der Waals surface area contributed by atoms with Crippen LogP contribution >= 0.6 is 0 Å². The van der Waals surface area contributed by atoms with Crippen LogP contribution in [0.3, 0.4) is 0 Å². The number of piperazine rings is 1. The average molecular weight is 242 g/mol. The monoisotopic (exact) mass is 242 g/mol. The molecule has 0 radical (unpaired) electrons. The maximum atomic E-state index is 11.7. The SMILES string of the molecule is COC(=O)CC(C)N1CC(=O)NC(=O)C1(C)C. The molecule has 0 aromatic carbocycles. The summed E-state index contributed by atoms with van der Waals surface area (Å²) < 4.78 is 4.58. The number of hydrogen-bond donors (Lipinski definition) is 1. The Labute approximate surface area is 100 Å². The van der Waals surface area contributed by atoms with Gasteiger partial charge in [0.1, 0.15) is 0 Å². The van der Waals surface area contributed by atoms with Gasteiger partial charge in [0.25, 0.3) is 0 Å². The zero-order valence-electron chi connectivity index (χ0n) is 10.6. The van der Waals surface area contributed by atoms with Crippen LogP contribution in [0.1, 0.15) is 27.2 Å². The van der Waals surface area contributed by atoms with Crippen LogP contribution in [0.4, 0.5) is 0 Å². The van der Waals surface area contributed by atoms with E-state index in [1.807, 2.05) is 0 Å². The van der Waals surface area contributed by atoms with Crippen molar-refractivity contribution in [1.82, 2.24) is 10.2 Å². The summed E-state index contributed by atoms with van der Waals surface area (Å²) in [6.45, 7) is 5.35. The first kappa shape index (κ1) is 13.6. The zero-order valence-corrected chi connectivity index (χ0v) is 10.6. The molecule has 0 bridgehead atoms. The van der Waals surface area contributed by atoms with Crippen molar-refractivity contribution < 1.29 is 19.1 Å². The van der Waals surface area contributed by atoms with Crippen LogP contribution in [0.25, 0.3) is 0 Å². The molecule has 1 saturated heterocycles. The number of methoxy groups -OCH3 is 1. The second-order valence-corrected chi connectivity index (χ2v) is 4.69. The van der Waals surface area contributed by atoms with Crippen molar-refractivity contribution in [2.24, 2.45) is 0 Å². The molecule has 0 aromatic rings. The standard InChI is InChI=1S/C11H18N2O4/c1-7(5-9(15)17-4)13-6-8(14)12-10(16)11(13,2)3/h7H,5-6H2,1-4H3,(H,12,14,16). The predicted molar refractivity (Wildman–Crippen MR) is 60.0 cm³/mol. The van der Waals surface area contributed by atoms with E-state index >= 15 is 0 Å². The molecule has 1 aliphatic rings. The summed E-state index contributed by atoms with van der Waals surface area (Å²) in [6.07, 6.45) is 0.153. The quantitative estimate of drug-likeness (QED) is 0.542. The van der Waals surface area contributed by atoms with E-state index in [0.29, 0.717) is 0 Å². The molecule has 6 heteroatoms. The second kappa shape index (κ2) is 4.83. The van der Waals surface area contributed by atoms with Crippen LogP contribution in [-0.2, 0) is 19.1 Å². The molecule has 0 saturated carbocycles. The summed E-state index contributed by atoms with van der Waals surface area (Å²) in [6, 6.07) is -0.229. The van der Waals surface area contributed by atoms with Crippen LogP contribution in [0, 0.1) is 0 Å². The molecule has 0 aliphatic carbocycles. The van der Waals surface area contributed by atoms with Gasteiger partial charge in [-0.25, -0.2) is 0 Å². The average Bonchev–Trinajstić information content (AvgIpc) is 2.23. The number of carbonyl (C=O) groups excluding carboxylic acids is 3. The van der Waals surface area contributed by atoms with Gasteiger partial charge in [-0.3, -0.25) is 24.6 Å². The minimum atomic E-state index is -0.804. The van der Waals surface area contributed by atoms with Gasteiger partial charge in [-0.05, 0) is 20.8 Å². The van der Waals surface area contributed by atoms with Gasteiger partial charge in [0.05, 0.1) is 25.6 Å². The van der Waals surface area contributed by atoms with Gasteiger partial charge in [0.2, 0.25) is 11.8 Å². The van der Waals surface area contributed by atoms with Crippen molar-refractivity contribution in [3.8, 4) is 0 Å². The van der Waals surface area contributed by atoms with E-state index in [2.05, 4.69) is 10.1 Å². The van der Waals surface area contributed by atoms with Gasteiger partial charge in [0, 0.05) is 6.04 Å². The fraction of sp³-hybridized carbons (Fsp3) is 0.727. The van der Waals surface area contributed by atoms with Gasteiger partial charge in [0.15, 0.2) is 0 Å². The van der Waals surface area contributed by atoms with Crippen molar-refractivity contribution in [3.63, 3.8) is 0 Å². The molecule has 1 aliphatic heterocycles. The van der Waals surface area contributed by atoms with Gasteiger partial charge < -0.3 is 4.74 Å². The van der Waals surface area contributed by atoms with Crippen LogP contribution in [0.2, 0.25) is 0 Å². The number of rotatable bonds is 3. The highest BCUT2D eigenvalue weighted by atomic mass is 16.5. The molecule has 1 fully saturated rings. The smallest absolute Gasteiger partial charge is 0.307 e. The molecular formula is C11H18N2O4. The van der Waals surface area contributed by atoms with Crippen molar-refractivity contribution in [2.45, 2.75) is 38.8 Å². The Morgan fingerprint density at radius 1 is 1.53 bits per heavy atom. The number of esters is 1. The molecule has 17 heavy (non-hydrogen) atoms. The van der Waals surface area contributed by atoms with Crippen LogP contribution in [-0.4, -0.2) is 47.9 Å². The molecule has 1 rings (SSSR count). The van der Waals surface area contributed by atoms with E-state index in [1.165, 1.54) is 7.11 Å². The molecule has 1 heterocycles. The van der Waals surface area contributed by atoms with Crippen molar-refractivity contribution in [1.29, 1.82) is 0 Å². The molecule has 6 nitrogen and oxygen atoms in total. The lowest BCUT2D eigenvalue weighted by molar-refractivity contribution is -0.151. The third kappa shape index (κ3) is 2.82. The molecule has 2 amide bonds. The first-order valence-corrected chi connectivity index (χ1v) is 5.47. The Morgan fingerprint density at radius 3 is 2.65 bits per heavy atom. The molecule has 1 unspecified atom stereocenters. The van der Waals surface area contributed by atoms with E-state index < -0.39 is 5.54 Å². The van der Waals surface area contributed by atoms with Crippen LogP contribution in [0.15, 0.2) is 0 Å². The molecule has 0 aromatic heterocycles. The number of amides is 2. The Bertz CT molecular complexity index is 351. The molecule has 96 valence electrons. The number of nitrogens with one attached hydrogen (secondary N) is 1. The second-order valence-electron chi connectivity index (χ2n) is 4.69. The topological polar surface area (TPSA) is 75.7 Å². The summed E-state index contributed by atoms with van der Waals surface area (Å²) in [5.74, 6) is -1.04. The number of ether oxygens (including phenoxy) is 1. The van der Waals surface area contributed by atoms with Gasteiger partial charge in [-0.15, -0.1) is 0 Å². The fourth-order valence-electron chi connectivity index (χ4n) is 1.94. The van der Waals surface area contributed by atoms with E-state index in [9.17, 15) is 14.4 Å². The van der Waals surface area contributed by atoms with E-state index in [0.717, 1.165) is 0 Å². The third-order valence-corrected chi connectivity index (χ3v) is 3.06. The Kier molecular flexibility index (Phi) is 3.87. The maximum Gasteiger partial charge on any atom is 0.307 e. The Balaban J connectivity index is 2.82. The van der Waals surface area contributed by atoms with Crippen molar-refractivity contribution >= 4 is 17.8 Å². The minimum absolute atomic E-state index is 0.108. The lowest BCUT2D eigenvalue weighted by Crippen LogP contribution is -2.66. The summed E-state index contributed by atoms with van der Waals surface area (Å²) in [5, 5.41) is 2.29. The highest BCUT2D eigenvalue weighted by Gasteiger charge is 2.43. The van der Waals surface area contributed by atoms with Gasteiger partial charge in [-0.1, -0.05) is 0 Å². The number of hydrogen-bond acceptors (Lipinski definition) is 5. The van der Waals surface area contributed by atoms with Crippen LogP contribution in [0.5, 0.6) is 0 Å². The highest BCUT2D eigenvalue weighted by molar-refractivity contribution is 6.03. The Hall–Kier alpha value is -1.43. The predicted octanol–water partition coefficient (Wildman–Crippen LogP) is -0.325. The lowest BCUT2D eigenvalue weighted by atomic mass is 9.95. The van der Waals surface area contributed by atoms with E-state index in [4.69, 9.17) is 0 Å². The highest BCUT2D eigenvalue weighted by Crippen LogP contribution is 2.22. The molecule has 1 N–H and O–H groups in total. The van der Waals surface area contributed by atoms with Crippen molar-refractivity contribution in [3.05, 3.63) is 0 Å². The molecular weight excluding hydrogens is 224 g/mol. The van der Waals surface area contributed by atoms with Crippen LogP contribution < -0.4 is 5.32 Å². The summed E-state index contributed by atoms with van der Waals surface area (Å²) >= 11 is 0. The van der Waals surface area contributed by atoms with E-state index in [-0.39, 0.29) is 36.8 Å². The normalized spacial score (nSPS) is 21.9. The lowest BCUT2D eigenvalue weighted by Gasteiger charge is -2.43. The minimum Gasteiger partial charge on any atom is -0.469 e.